The minimum Gasteiger partial charge on any atom is -0.491 e. The Labute approximate surface area is 119 Å². The van der Waals surface area contributed by atoms with Crippen molar-refractivity contribution in [3.63, 3.8) is 0 Å². The highest BCUT2D eigenvalue weighted by molar-refractivity contribution is 6.32. The monoisotopic (exact) mass is 284 g/mol. The van der Waals surface area contributed by atoms with Crippen LogP contribution in [-0.2, 0) is 11.2 Å². The van der Waals surface area contributed by atoms with Crippen LogP contribution in [0.3, 0.4) is 0 Å². The molecule has 1 aromatic carbocycles. The summed E-state index contributed by atoms with van der Waals surface area (Å²) >= 11 is 6.19. The van der Waals surface area contributed by atoms with E-state index in [1.165, 1.54) is 0 Å². The number of hydrogen-bond acceptors (Lipinski definition) is 4. The van der Waals surface area contributed by atoms with Gasteiger partial charge in [-0.2, -0.15) is 0 Å². The van der Waals surface area contributed by atoms with Crippen LogP contribution in [-0.4, -0.2) is 50.9 Å². The third-order valence-corrected chi connectivity index (χ3v) is 3.49. The van der Waals surface area contributed by atoms with E-state index in [-0.39, 0.29) is 0 Å². The molecule has 1 aliphatic heterocycles. The van der Waals surface area contributed by atoms with Crippen molar-refractivity contribution in [2.75, 3.05) is 46.0 Å². The van der Waals surface area contributed by atoms with Crippen molar-refractivity contribution in [3.8, 4) is 5.75 Å². The zero-order valence-electron chi connectivity index (χ0n) is 11.1. The maximum atomic E-state index is 6.19. The van der Waals surface area contributed by atoms with Gasteiger partial charge in [0.1, 0.15) is 12.4 Å². The van der Waals surface area contributed by atoms with E-state index in [1.54, 1.807) is 0 Å². The van der Waals surface area contributed by atoms with Gasteiger partial charge in [0, 0.05) is 19.6 Å². The van der Waals surface area contributed by atoms with Crippen molar-refractivity contribution in [2.45, 2.75) is 6.42 Å². The zero-order chi connectivity index (χ0) is 13.5. The van der Waals surface area contributed by atoms with Gasteiger partial charge in [-0.25, -0.2) is 0 Å². The lowest BCUT2D eigenvalue weighted by Crippen LogP contribution is -2.38. The van der Waals surface area contributed by atoms with Crippen molar-refractivity contribution in [2.24, 2.45) is 5.73 Å². The lowest BCUT2D eigenvalue weighted by Gasteiger charge is -2.26. The summed E-state index contributed by atoms with van der Waals surface area (Å²) in [6.45, 7) is 5.77. The zero-order valence-corrected chi connectivity index (χ0v) is 11.9. The third-order valence-electron chi connectivity index (χ3n) is 3.20. The summed E-state index contributed by atoms with van der Waals surface area (Å²) in [6, 6.07) is 5.87. The first-order valence-electron chi connectivity index (χ1n) is 6.71. The van der Waals surface area contributed by atoms with Crippen LogP contribution in [0.1, 0.15) is 5.56 Å². The molecule has 0 amide bonds. The summed E-state index contributed by atoms with van der Waals surface area (Å²) in [5.41, 5.74) is 6.67. The van der Waals surface area contributed by atoms with E-state index >= 15 is 0 Å². The van der Waals surface area contributed by atoms with Crippen molar-refractivity contribution in [1.29, 1.82) is 0 Å². The van der Waals surface area contributed by atoms with Crippen LogP contribution < -0.4 is 10.5 Å². The van der Waals surface area contributed by atoms with E-state index < -0.39 is 0 Å². The van der Waals surface area contributed by atoms with Gasteiger partial charge in [-0.15, -0.1) is 0 Å². The van der Waals surface area contributed by atoms with Gasteiger partial charge in [-0.1, -0.05) is 17.7 Å². The molecule has 1 saturated heterocycles. The number of nitrogens with zero attached hydrogens (tertiary/aromatic N) is 1. The van der Waals surface area contributed by atoms with E-state index in [0.717, 1.165) is 50.6 Å². The molecule has 2 rings (SSSR count). The highest BCUT2D eigenvalue weighted by Gasteiger charge is 2.10. The quantitative estimate of drug-likeness (QED) is 0.861. The van der Waals surface area contributed by atoms with Gasteiger partial charge >= 0.3 is 0 Å². The topological polar surface area (TPSA) is 47.7 Å². The van der Waals surface area contributed by atoms with Crippen LogP contribution in [0.4, 0.5) is 0 Å². The summed E-state index contributed by atoms with van der Waals surface area (Å²) in [6.07, 6.45) is 0.841. The van der Waals surface area contributed by atoms with Gasteiger partial charge in [-0.05, 0) is 30.7 Å². The van der Waals surface area contributed by atoms with Crippen molar-refractivity contribution < 1.29 is 9.47 Å². The molecule has 0 saturated carbocycles. The Kier molecular flexibility index (Phi) is 5.92. The van der Waals surface area contributed by atoms with Gasteiger partial charge < -0.3 is 15.2 Å². The molecule has 0 unspecified atom stereocenters. The molecular weight excluding hydrogens is 264 g/mol. The first kappa shape index (κ1) is 14.6. The predicted octanol–water partition coefficient (Wildman–Crippen LogP) is 1.55. The molecule has 0 aromatic heterocycles. The SMILES string of the molecule is NCCc1ccc(OCCN2CCOCC2)c(Cl)c1. The van der Waals surface area contributed by atoms with Crippen LogP contribution in [0.25, 0.3) is 0 Å². The Morgan fingerprint density at radius 2 is 2.11 bits per heavy atom. The highest BCUT2D eigenvalue weighted by atomic mass is 35.5. The second-order valence-electron chi connectivity index (χ2n) is 4.61. The normalized spacial score (nSPS) is 16.5. The number of benzene rings is 1. The summed E-state index contributed by atoms with van der Waals surface area (Å²) < 4.78 is 11.0. The molecule has 1 aliphatic rings. The predicted molar refractivity (Wildman–Crippen MR) is 77.0 cm³/mol. The van der Waals surface area contributed by atoms with E-state index in [2.05, 4.69) is 4.90 Å². The van der Waals surface area contributed by atoms with Crippen LogP contribution in [0.15, 0.2) is 18.2 Å². The Morgan fingerprint density at radius 3 is 2.79 bits per heavy atom. The number of hydrogen-bond donors (Lipinski definition) is 1. The minimum absolute atomic E-state index is 0.633. The molecule has 5 heteroatoms. The molecule has 0 aliphatic carbocycles. The summed E-state index contributed by atoms with van der Waals surface area (Å²) in [4.78, 5) is 2.33. The number of morpholine rings is 1. The van der Waals surface area contributed by atoms with Gasteiger partial charge in [0.2, 0.25) is 0 Å². The van der Waals surface area contributed by atoms with Gasteiger partial charge in [-0.3, -0.25) is 4.90 Å². The first-order valence-corrected chi connectivity index (χ1v) is 7.09. The Hall–Kier alpha value is -0.810. The Morgan fingerprint density at radius 1 is 1.32 bits per heavy atom. The van der Waals surface area contributed by atoms with Crippen molar-refractivity contribution in [1.82, 2.24) is 4.90 Å². The number of rotatable bonds is 6. The van der Waals surface area contributed by atoms with E-state index in [9.17, 15) is 0 Å². The largest absolute Gasteiger partial charge is 0.491 e. The molecule has 1 fully saturated rings. The fourth-order valence-corrected chi connectivity index (χ4v) is 2.35. The fourth-order valence-electron chi connectivity index (χ4n) is 2.09. The van der Waals surface area contributed by atoms with Crippen molar-refractivity contribution in [3.05, 3.63) is 28.8 Å². The molecular formula is C14H21ClN2O2. The fraction of sp³-hybridized carbons (Fsp3) is 0.571. The van der Waals surface area contributed by atoms with Crippen LogP contribution in [0.5, 0.6) is 5.75 Å². The molecule has 1 aromatic rings. The number of nitrogens with two attached hydrogens (primary N) is 1. The Balaban J connectivity index is 1.78. The van der Waals surface area contributed by atoms with Crippen LogP contribution >= 0.6 is 11.6 Å². The molecule has 2 N–H and O–H groups in total. The average molecular weight is 285 g/mol. The molecule has 0 bridgehead atoms. The molecule has 1 heterocycles. The molecule has 4 nitrogen and oxygen atoms in total. The molecule has 19 heavy (non-hydrogen) atoms. The highest BCUT2D eigenvalue weighted by Crippen LogP contribution is 2.25. The lowest BCUT2D eigenvalue weighted by atomic mass is 10.1. The van der Waals surface area contributed by atoms with Crippen molar-refractivity contribution >= 4 is 11.6 Å². The number of ether oxygens (including phenoxy) is 2. The van der Waals surface area contributed by atoms with Gasteiger partial charge in [0.15, 0.2) is 0 Å². The summed E-state index contributed by atoms with van der Waals surface area (Å²) in [7, 11) is 0. The van der Waals surface area contributed by atoms with E-state index in [0.29, 0.717) is 18.2 Å². The van der Waals surface area contributed by atoms with Crippen LogP contribution in [0, 0.1) is 0 Å². The van der Waals surface area contributed by atoms with Gasteiger partial charge in [0.05, 0.1) is 18.2 Å². The minimum atomic E-state index is 0.633. The lowest BCUT2D eigenvalue weighted by molar-refractivity contribution is 0.0322. The van der Waals surface area contributed by atoms with Crippen LogP contribution in [0.2, 0.25) is 5.02 Å². The summed E-state index contributed by atoms with van der Waals surface area (Å²) in [5.74, 6) is 0.746. The summed E-state index contributed by atoms with van der Waals surface area (Å²) in [5, 5.41) is 0.660. The standard InChI is InChI=1S/C14H21ClN2O2/c15-13-11-12(3-4-16)1-2-14(13)19-10-7-17-5-8-18-9-6-17/h1-2,11H,3-10,16H2. The third kappa shape index (κ3) is 4.66. The van der Waals surface area contributed by atoms with Gasteiger partial charge in [0.25, 0.3) is 0 Å². The number of halogens is 1. The maximum Gasteiger partial charge on any atom is 0.137 e. The molecule has 0 radical (unpaired) electrons. The second kappa shape index (κ2) is 7.70. The first-order chi connectivity index (χ1) is 9.29. The average Bonchev–Trinajstić information content (AvgIpc) is 2.43. The van der Waals surface area contributed by atoms with E-state index in [4.69, 9.17) is 26.8 Å². The second-order valence-corrected chi connectivity index (χ2v) is 5.01. The molecule has 106 valence electrons. The van der Waals surface area contributed by atoms with E-state index in [1.807, 2.05) is 18.2 Å². The maximum absolute atomic E-state index is 6.19. The molecule has 0 spiro atoms. The molecule has 0 atom stereocenters. The smallest absolute Gasteiger partial charge is 0.137 e. The Bertz CT molecular complexity index is 395.